The minimum atomic E-state index is -1.97. The van der Waals surface area contributed by atoms with Crippen molar-refractivity contribution >= 4 is 24.2 Å². The molecule has 0 spiro atoms. The molecule has 2 atom stereocenters. The first kappa shape index (κ1) is 26.1. The van der Waals surface area contributed by atoms with Gasteiger partial charge in [-0.2, -0.15) is 0 Å². The fraction of sp³-hybridized carbons (Fsp3) is 0.810. The highest BCUT2D eigenvalue weighted by atomic mass is 79.9. The molecule has 0 aromatic heterocycles. The average molecular weight is 450 g/mol. The van der Waals surface area contributed by atoms with Gasteiger partial charge in [0.1, 0.15) is 0 Å². The Morgan fingerprint density at radius 1 is 0.885 bits per heavy atom. The molecule has 0 rings (SSSR count). The van der Waals surface area contributed by atoms with Gasteiger partial charge in [-0.3, -0.25) is 0 Å². The van der Waals surface area contributed by atoms with Crippen LogP contribution in [0.2, 0.25) is 16.6 Å². The van der Waals surface area contributed by atoms with E-state index in [-0.39, 0.29) is 6.42 Å². The molecule has 0 aliphatic rings. The van der Waals surface area contributed by atoms with Gasteiger partial charge >= 0.3 is 0 Å². The summed E-state index contributed by atoms with van der Waals surface area (Å²) >= 11 is 3.40. The first-order chi connectivity index (χ1) is 12.0. The van der Waals surface area contributed by atoms with E-state index < -0.39 is 20.5 Å². The summed E-state index contributed by atoms with van der Waals surface area (Å²) in [5, 5.41) is 21.0. The average Bonchev–Trinajstić information content (AvgIpc) is 2.53. The lowest BCUT2D eigenvalue weighted by Gasteiger charge is -2.42. The van der Waals surface area contributed by atoms with Gasteiger partial charge in [-0.05, 0) is 35.0 Å². The number of aliphatic hydroxyl groups excluding tert-OH is 2. The van der Waals surface area contributed by atoms with Crippen molar-refractivity contribution in [3.8, 4) is 0 Å². The van der Waals surface area contributed by atoms with E-state index in [1.54, 1.807) is 0 Å². The Labute approximate surface area is 171 Å². The Morgan fingerprint density at radius 3 is 1.73 bits per heavy atom. The van der Waals surface area contributed by atoms with E-state index in [2.05, 4.69) is 70.5 Å². The number of aliphatic hydroxyl groups is 2. The van der Waals surface area contributed by atoms with Crippen LogP contribution in [-0.2, 0) is 4.43 Å². The molecule has 5 heteroatoms. The van der Waals surface area contributed by atoms with Gasteiger partial charge < -0.3 is 14.6 Å². The van der Waals surface area contributed by atoms with Crippen LogP contribution in [0, 0.1) is 0 Å². The molecule has 0 radical (unpaired) electrons. The molecule has 26 heavy (non-hydrogen) atoms. The van der Waals surface area contributed by atoms with Gasteiger partial charge in [0.15, 0.2) is 0 Å². The fourth-order valence-corrected chi connectivity index (χ4v) is 10.00. The Kier molecular flexibility index (Phi) is 12.5. The summed E-state index contributed by atoms with van der Waals surface area (Å²) in [7, 11) is -1.97. The number of halogens is 1. The van der Waals surface area contributed by atoms with Gasteiger partial charge in [-0.1, -0.05) is 83.5 Å². The SMILES string of the molecule is CC/C=C(\Br)[C@H](O)C[C@@H](O)/C(=C/CC)CO[Si](C(C)C)(C(C)C)C(C)C. The largest absolute Gasteiger partial charge is 0.412 e. The van der Waals surface area contributed by atoms with Crippen molar-refractivity contribution in [1.29, 1.82) is 0 Å². The molecule has 0 aliphatic heterocycles. The zero-order valence-corrected chi connectivity index (χ0v) is 20.6. The van der Waals surface area contributed by atoms with Crippen LogP contribution in [0.15, 0.2) is 22.2 Å². The Bertz CT molecular complexity index is 436. The van der Waals surface area contributed by atoms with Crippen LogP contribution >= 0.6 is 15.9 Å². The van der Waals surface area contributed by atoms with Gasteiger partial charge in [0.05, 0.1) is 18.8 Å². The first-order valence-electron chi connectivity index (χ1n) is 10.1. The monoisotopic (exact) mass is 448 g/mol. The molecule has 0 fully saturated rings. The highest BCUT2D eigenvalue weighted by molar-refractivity contribution is 9.11. The predicted molar refractivity (Wildman–Crippen MR) is 119 cm³/mol. The van der Waals surface area contributed by atoms with Gasteiger partial charge in [0.25, 0.3) is 0 Å². The molecule has 154 valence electrons. The molecule has 2 N–H and O–H groups in total. The molecule has 0 aromatic carbocycles. The lowest BCUT2D eigenvalue weighted by Crippen LogP contribution is -2.48. The second-order valence-corrected chi connectivity index (χ2v) is 14.4. The van der Waals surface area contributed by atoms with Crippen molar-refractivity contribution in [2.45, 2.75) is 103 Å². The summed E-state index contributed by atoms with van der Waals surface area (Å²) in [5.41, 5.74) is 2.42. The number of rotatable bonds is 12. The molecule has 3 nitrogen and oxygen atoms in total. The maximum atomic E-state index is 10.7. The van der Waals surface area contributed by atoms with Crippen LogP contribution in [-0.4, -0.2) is 37.3 Å². The first-order valence-corrected chi connectivity index (χ1v) is 13.0. The molecular formula is C21H41BrO3Si. The van der Waals surface area contributed by atoms with Crippen LogP contribution in [0.5, 0.6) is 0 Å². The molecular weight excluding hydrogens is 408 g/mol. The minimum Gasteiger partial charge on any atom is -0.412 e. The molecule has 0 heterocycles. The van der Waals surface area contributed by atoms with E-state index >= 15 is 0 Å². The van der Waals surface area contributed by atoms with E-state index in [9.17, 15) is 10.2 Å². The zero-order chi connectivity index (χ0) is 20.5. The number of allylic oxidation sites excluding steroid dienone is 2. The van der Waals surface area contributed by atoms with E-state index in [1.807, 2.05) is 13.0 Å². The summed E-state index contributed by atoms with van der Waals surface area (Å²) in [6.07, 6.45) is 4.58. The lowest BCUT2D eigenvalue weighted by molar-refractivity contribution is 0.116. The van der Waals surface area contributed by atoms with Crippen LogP contribution in [0.3, 0.4) is 0 Å². The van der Waals surface area contributed by atoms with E-state index in [1.165, 1.54) is 0 Å². The van der Waals surface area contributed by atoms with E-state index in [0.29, 0.717) is 23.2 Å². The second-order valence-electron chi connectivity index (χ2n) is 8.06. The normalized spacial score (nSPS) is 16.7. The Morgan fingerprint density at radius 2 is 1.35 bits per heavy atom. The van der Waals surface area contributed by atoms with Crippen LogP contribution in [0.25, 0.3) is 0 Å². The van der Waals surface area contributed by atoms with Gasteiger partial charge in [-0.25, -0.2) is 0 Å². The fourth-order valence-electron chi connectivity index (χ4n) is 4.07. The maximum absolute atomic E-state index is 10.7. The van der Waals surface area contributed by atoms with Crippen LogP contribution < -0.4 is 0 Å². The van der Waals surface area contributed by atoms with Gasteiger partial charge in [0.2, 0.25) is 8.32 Å². The predicted octanol–water partition coefficient (Wildman–Crippen LogP) is 6.32. The van der Waals surface area contributed by atoms with Crippen molar-refractivity contribution in [1.82, 2.24) is 0 Å². The highest BCUT2D eigenvalue weighted by Gasteiger charge is 2.45. The quantitative estimate of drug-likeness (QED) is 0.271. The van der Waals surface area contributed by atoms with Crippen molar-refractivity contribution in [3.63, 3.8) is 0 Å². The minimum absolute atomic E-state index is 0.284. The zero-order valence-electron chi connectivity index (χ0n) is 18.1. The second kappa shape index (κ2) is 12.5. The third-order valence-corrected chi connectivity index (χ3v) is 12.2. The molecule has 0 saturated carbocycles. The third kappa shape index (κ3) is 7.23. The lowest BCUT2D eigenvalue weighted by atomic mass is 10.0. The number of hydrogen-bond acceptors (Lipinski definition) is 3. The molecule has 0 unspecified atom stereocenters. The molecule has 0 amide bonds. The standard InChI is InChI=1S/C21H41BrO3Si/c1-9-11-18(20(23)13-21(24)19(22)12-10-2)14-25-26(15(3)4,16(5)6)17(7)8/h11-12,15-17,20-21,23-24H,9-10,13-14H2,1-8H3/b18-11+,19-12-/t20-,21-/m1/s1. The highest BCUT2D eigenvalue weighted by Crippen LogP contribution is 2.42. The Hall–Kier alpha value is 0.0569. The number of hydrogen-bond donors (Lipinski definition) is 2. The van der Waals surface area contributed by atoms with Gasteiger partial charge in [-0.15, -0.1) is 0 Å². The van der Waals surface area contributed by atoms with Crippen molar-refractivity contribution in [2.75, 3.05) is 6.61 Å². The third-order valence-electron chi connectivity index (χ3n) is 5.25. The summed E-state index contributed by atoms with van der Waals surface area (Å²) < 4.78 is 7.38. The summed E-state index contributed by atoms with van der Waals surface area (Å²) in [6.45, 7) is 18.1. The van der Waals surface area contributed by atoms with Crippen LogP contribution in [0.4, 0.5) is 0 Å². The van der Waals surface area contributed by atoms with E-state index in [0.717, 1.165) is 22.9 Å². The molecule has 0 aromatic rings. The van der Waals surface area contributed by atoms with Crippen molar-refractivity contribution < 1.29 is 14.6 Å². The maximum Gasteiger partial charge on any atom is 0.200 e. The van der Waals surface area contributed by atoms with Crippen molar-refractivity contribution in [2.24, 2.45) is 0 Å². The van der Waals surface area contributed by atoms with Crippen LogP contribution in [0.1, 0.15) is 74.7 Å². The van der Waals surface area contributed by atoms with Gasteiger partial charge in [0, 0.05) is 10.9 Å². The summed E-state index contributed by atoms with van der Waals surface area (Å²) in [6, 6.07) is 0. The summed E-state index contributed by atoms with van der Waals surface area (Å²) in [5.74, 6) is 0. The Balaban J connectivity index is 5.29. The van der Waals surface area contributed by atoms with E-state index in [4.69, 9.17) is 4.43 Å². The summed E-state index contributed by atoms with van der Waals surface area (Å²) in [4.78, 5) is 0. The molecule has 0 saturated heterocycles. The van der Waals surface area contributed by atoms with Crippen molar-refractivity contribution in [3.05, 3.63) is 22.2 Å². The topological polar surface area (TPSA) is 49.7 Å². The smallest absolute Gasteiger partial charge is 0.200 e. The molecule has 0 aliphatic carbocycles. The molecule has 0 bridgehead atoms.